The zero-order chi connectivity index (χ0) is 19.3. The van der Waals surface area contributed by atoms with Crippen molar-refractivity contribution in [2.45, 2.75) is 32.6 Å². The Kier molecular flexibility index (Phi) is 5.72. The van der Waals surface area contributed by atoms with Gasteiger partial charge in [0.25, 0.3) is 5.91 Å². The third-order valence-electron chi connectivity index (χ3n) is 5.12. The average molecular weight is 392 g/mol. The topological polar surface area (TPSA) is 45.2 Å². The van der Waals surface area contributed by atoms with Crippen LogP contribution < -0.4 is 10.2 Å². The molecular formula is C23H25N3OS. The van der Waals surface area contributed by atoms with Gasteiger partial charge >= 0.3 is 0 Å². The van der Waals surface area contributed by atoms with Crippen molar-refractivity contribution in [2.75, 3.05) is 23.3 Å². The van der Waals surface area contributed by atoms with Gasteiger partial charge in [-0.1, -0.05) is 55.3 Å². The highest BCUT2D eigenvalue weighted by Gasteiger charge is 2.19. The molecule has 1 N–H and O–H groups in total. The number of aryl methyl sites for hydroxylation is 1. The Balaban J connectivity index is 1.57. The molecule has 144 valence electrons. The molecule has 2 heterocycles. The molecule has 0 saturated carbocycles. The van der Waals surface area contributed by atoms with Crippen LogP contribution in [0.1, 0.15) is 41.0 Å². The molecule has 3 aromatic rings. The number of carbonyl (C=O) groups excluding carboxylic acids is 1. The molecule has 1 aliphatic rings. The third-order valence-corrected chi connectivity index (χ3v) is 6.33. The second-order valence-corrected chi connectivity index (χ2v) is 8.17. The fraction of sp³-hybridized carbons (Fsp3) is 0.304. The molecule has 0 bridgehead atoms. The number of aromatic nitrogens is 1. The number of nitrogens with zero attached hydrogens (tertiary/aromatic N) is 2. The second-order valence-electron chi connectivity index (χ2n) is 7.17. The Morgan fingerprint density at radius 1 is 0.964 bits per heavy atom. The zero-order valence-electron chi connectivity index (χ0n) is 16.1. The number of carbonyl (C=O) groups is 1. The number of anilines is 2. The lowest BCUT2D eigenvalue weighted by atomic mass is 10.2. The summed E-state index contributed by atoms with van der Waals surface area (Å²) in [7, 11) is 0. The normalized spacial score (nSPS) is 14.5. The van der Waals surface area contributed by atoms with Crippen molar-refractivity contribution in [2.24, 2.45) is 0 Å². The summed E-state index contributed by atoms with van der Waals surface area (Å²) >= 11 is 1.45. The quantitative estimate of drug-likeness (QED) is 0.616. The van der Waals surface area contributed by atoms with Gasteiger partial charge in [-0.15, -0.1) is 11.3 Å². The van der Waals surface area contributed by atoms with Crippen molar-refractivity contribution in [1.29, 1.82) is 0 Å². The molecule has 1 aliphatic heterocycles. The summed E-state index contributed by atoms with van der Waals surface area (Å²) in [5, 5.41) is 4.02. The second kappa shape index (κ2) is 8.57. The van der Waals surface area contributed by atoms with E-state index in [2.05, 4.69) is 21.3 Å². The lowest BCUT2D eigenvalue weighted by Crippen LogP contribution is -2.25. The van der Waals surface area contributed by atoms with Crippen molar-refractivity contribution in [1.82, 2.24) is 4.98 Å². The van der Waals surface area contributed by atoms with E-state index in [1.54, 1.807) is 0 Å². The van der Waals surface area contributed by atoms with Crippen molar-refractivity contribution < 1.29 is 4.79 Å². The fourth-order valence-corrected chi connectivity index (χ4v) is 4.62. The van der Waals surface area contributed by atoms with E-state index in [-0.39, 0.29) is 5.91 Å². The van der Waals surface area contributed by atoms with Crippen molar-refractivity contribution >= 4 is 28.6 Å². The van der Waals surface area contributed by atoms with Gasteiger partial charge in [0.15, 0.2) is 0 Å². The van der Waals surface area contributed by atoms with Crippen LogP contribution in [0.15, 0.2) is 54.6 Å². The number of rotatable bonds is 4. The highest BCUT2D eigenvalue weighted by Crippen LogP contribution is 2.31. The molecule has 1 fully saturated rings. The van der Waals surface area contributed by atoms with E-state index in [1.165, 1.54) is 37.0 Å². The lowest BCUT2D eigenvalue weighted by molar-refractivity contribution is 0.103. The van der Waals surface area contributed by atoms with E-state index in [4.69, 9.17) is 0 Å². The number of benzene rings is 2. The van der Waals surface area contributed by atoms with Gasteiger partial charge in [-0.3, -0.25) is 4.79 Å². The summed E-state index contributed by atoms with van der Waals surface area (Å²) in [6, 6.07) is 18.1. The predicted octanol–water partition coefficient (Wildman–Crippen LogP) is 5.75. The number of nitrogens with one attached hydrogen (secondary N) is 1. The molecule has 0 aliphatic carbocycles. The monoisotopic (exact) mass is 391 g/mol. The Hall–Kier alpha value is -2.66. The molecule has 2 aromatic carbocycles. The molecule has 4 nitrogen and oxygen atoms in total. The average Bonchev–Trinajstić information content (AvgIpc) is 2.93. The van der Waals surface area contributed by atoms with Gasteiger partial charge in [-0.25, -0.2) is 4.98 Å². The summed E-state index contributed by atoms with van der Waals surface area (Å²) in [5.41, 5.74) is 3.81. The van der Waals surface area contributed by atoms with Crippen molar-refractivity contribution in [3.63, 3.8) is 0 Å². The molecular weight excluding hydrogens is 366 g/mol. The fourth-order valence-electron chi connectivity index (χ4n) is 3.66. The number of hydrogen-bond acceptors (Lipinski definition) is 4. The van der Waals surface area contributed by atoms with Crippen LogP contribution in [0.2, 0.25) is 0 Å². The number of thiazole rings is 1. The Morgan fingerprint density at radius 2 is 1.64 bits per heavy atom. The van der Waals surface area contributed by atoms with Gasteiger partial charge in [-0.05, 0) is 31.9 Å². The Morgan fingerprint density at radius 3 is 2.39 bits per heavy atom. The minimum Gasteiger partial charge on any atom is -0.370 e. The van der Waals surface area contributed by atoms with Crippen LogP contribution in [0.5, 0.6) is 0 Å². The van der Waals surface area contributed by atoms with Crippen LogP contribution in [-0.4, -0.2) is 24.0 Å². The summed E-state index contributed by atoms with van der Waals surface area (Å²) in [5.74, 6) is -0.0838. The first-order valence-electron chi connectivity index (χ1n) is 9.90. The molecule has 0 atom stereocenters. The summed E-state index contributed by atoms with van der Waals surface area (Å²) in [6.07, 6.45) is 4.98. The molecule has 28 heavy (non-hydrogen) atoms. The van der Waals surface area contributed by atoms with E-state index in [0.29, 0.717) is 4.88 Å². The first-order chi connectivity index (χ1) is 13.7. The first kappa shape index (κ1) is 18.7. The summed E-state index contributed by atoms with van der Waals surface area (Å²) in [4.78, 5) is 20.7. The zero-order valence-corrected chi connectivity index (χ0v) is 17.0. The largest absolute Gasteiger partial charge is 0.370 e. The Bertz CT molecular complexity index is 943. The van der Waals surface area contributed by atoms with Crippen LogP contribution in [0.4, 0.5) is 11.4 Å². The Labute approximate surface area is 170 Å². The van der Waals surface area contributed by atoms with Crippen LogP contribution in [0.3, 0.4) is 0 Å². The van der Waals surface area contributed by atoms with E-state index in [9.17, 15) is 4.79 Å². The molecule has 4 rings (SSSR count). The number of amides is 1. The molecule has 1 aromatic heterocycles. The lowest BCUT2D eigenvalue weighted by Gasteiger charge is -2.25. The summed E-state index contributed by atoms with van der Waals surface area (Å²) < 4.78 is 0. The van der Waals surface area contributed by atoms with Crippen LogP contribution >= 0.6 is 11.3 Å². The van der Waals surface area contributed by atoms with E-state index in [0.717, 1.165) is 40.7 Å². The van der Waals surface area contributed by atoms with Crippen LogP contribution in [0, 0.1) is 6.92 Å². The molecule has 0 radical (unpaired) electrons. The first-order valence-corrected chi connectivity index (χ1v) is 10.7. The van der Waals surface area contributed by atoms with E-state index >= 15 is 0 Å². The van der Waals surface area contributed by atoms with Gasteiger partial charge in [0.05, 0.1) is 17.1 Å². The summed E-state index contributed by atoms with van der Waals surface area (Å²) in [6.45, 7) is 3.99. The van der Waals surface area contributed by atoms with Gasteiger partial charge in [0.2, 0.25) is 0 Å². The third kappa shape index (κ3) is 4.09. The predicted molar refractivity (Wildman–Crippen MR) is 117 cm³/mol. The standard InChI is InChI=1S/C23H25N3OS/c1-17-21(28-23(24-17)18-11-5-4-6-12-18)22(27)25-19-13-7-8-14-20(19)26-15-9-2-3-10-16-26/h4-8,11-14H,2-3,9-10,15-16H2,1H3,(H,25,27). The highest BCUT2D eigenvalue weighted by atomic mass is 32.1. The molecule has 0 unspecified atom stereocenters. The maximum absolute atomic E-state index is 13.0. The van der Waals surface area contributed by atoms with Crippen molar-refractivity contribution in [3.05, 3.63) is 65.2 Å². The molecule has 0 spiro atoms. The van der Waals surface area contributed by atoms with Gasteiger partial charge in [0, 0.05) is 18.7 Å². The highest BCUT2D eigenvalue weighted by molar-refractivity contribution is 7.17. The molecule has 5 heteroatoms. The SMILES string of the molecule is Cc1nc(-c2ccccc2)sc1C(=O)Nc1ccccc1N1CCCCCC1. The molecule has 1 amide bonds. The minimum absolute atomic E-state index is 0.0838. The van der Waals surface area contributed by atoms with Gasteiger partial charge in [0.1, 0.15) is 9.88 Å². The van der Waals surface area contributed by atoms with Crippen molar-refractivity contribution in [3.8, 4) is 10.6 Å². The molecule has 1 saturated heterocycles. The maximum atomic E-state index is 13.0. The van der Waals surface area contributed by atoms with E-state index < -0.39 is 0 Å². The maximum Gasteiger partial charge on any atom is 0.267 e. The smallest absolute Gasteiger partial charge is 0.267 e. The van der Waals surface area contributed by atoms with Crippen LogP contribution in [0.25, 0.3) is 10.6 Å². The van der Waals surface area contributed by atoms with E-state index in [1.807, 2.05) is 55.5 Å². The van der Waals surface area contributed by atoms with Crippen LogP contribution in [-0.2, 0) is 0 Å². The number of para-hydroxylation sites is 2. The number of hydrogen-bond donors (Lipinski definition) is 1. The van der Waals surface area contributed by atoms with Gasteiger partial charge < -0.3 is 10.2 Å². The van der Waals surface area contributed by atoms with Gasteiger partial charge in [-0.2, -0.15) is 0 Å². The minimum atomic E-state index is -0.0838.